The van der Waals surface area contributed by atoms with Crippen LogP contribution in [0.4, 0.5) is 0 Å². The number of methoxy groups -OCH3 is 1. The molecule has 0 spiro atoms. The summed E-state index contributed by atoms with van der Waals surface area (Å²) in [4.78, 5) is 14.7. The molecule has 24 heavy (non-hydrogen) atoms. The van der Waals surface area contributed by atoms with Gasteiger partial charge in [-0.3, -0.25) is 4.79 Å². The topological polar surface area (TPSA) is 64.8 Å². The first-order valence-electron chi connectivity index (χ1n) is 8.84. The first-order valence-corrected chi connectivity index (χ1v) is 8.84. The van der Waals surface area contributed by atoms with Gasteiger partial charge in [-0.05, 0) is 24.3 Å². The highest BCUT2D eigenvalue weighted by Crippen LogP contribution is 2.27. The number of hydrogen-bond acceptors (Lipinski definition) is 4. The Hall–Kier alpha value is -1.43. The fourth-order valence-electron chi connectivity index (χ4n) is 3.19. The molecule has 2 rings (SSSR count). The zero-order valence-corrected chi connectivity index (χ0v) is 14.7. The monoisotopic (exact) mass is 334 g/mol. The van der Waals surface area contributed by atoms with E-state index < -0.39 is 0 Å². The predicted octanol–water partition coefficient (Wildman–Crippen LogP) is 2.20. The van der Waals surface area contributed by atoms with Crippen LogP contribution in [0.15, 0.2) is 30.3 Å². The fraction of sp³-hybridized carbons (Fsp3) is 0.632. The molecule has 5 nitrogen and oxygen atoms in total. The van der Waals surface area contributed by atoms with Gasteiger partial charge in [-0.15, -0.1) is 0 Å². The Morgan fingerprint density at radius 1 is 1.21 bits per heavy atom. The van der Waals surface area contributed by atoms with E-state index in [4.69, 9.17) is 15.2 Å². The third kappa shape index (κ3) is 6.23. The van der Waals surface area contributed by atoms with Gasteiger partial charge in [0.25, 0.3) is 0 Å². The third-order valence-electron chi connectivity index (χ3n) is 4.66. The van der Waals surface area contributed by atoms with E-state index in [0.717, 1.165) is 24.8 Å². The van der Waals surface area contributed by atoms with E-state index in [9.17, 15) is 4.79 Å². The van der Waals surface area contributed by atoms with Crippen LogP contribution in [0.25, 0.3) is 0 Å². The molecule has 0 aliphatic heterocycles. The average molecular weight is 334 g/mol. The molecule has 1 fully saturated rings. The zero-order chi connectivity index (χ0) is 17.2. The fourth-order valence-corrected chi connectivity index (χ4v) is 3.19. The Morgan fingerprint density at radius 2 is 2.00 bits per heavy atom. The van der Waals surface area contributed by atoms with Gasteiger partial charge in [0.1, 0.15) is 0 Å². The van der Waals surface area contributed by atoms with Gasteiger partial charge in [0.05, 0.1) is 19.8 Å². The van der Waals surface area contributed by atoms with Crippen molar-refractivity contribution in [2.24, 2.45) is 11.7 Å². The molecule has 0 bridgehead atoms. The van der Waals surface area contributed by atoms with Crippen molar-refractivity contribution in [2.75, 3.05) is 33.5 Å². The van der Waals surface area contributed by atoms with Gasteiger partial charge in [0.15, 0.2) is 0 Å². The minimum Gasteiger partial charge on any atom is -0.382 e. The van der Waals surface area contributed by atoms with Crippen LogP contribution in [0.2, 0.25) is 0 Å². The number of nitrogens with two attached hydrogens (primary N) is 1. The molecule has 1 aromatic rings. The van der Waals surface area contributed by atoms with Crippen molar-refractivity contribution in [1.29, 1.82) is 0 Å². The summed E-state index contributed by atoms with van der Waals surface area (Å²) in [5.74, 6) is 0.502. The van der Waals surface area contributed by atoms with Crippen molar-refractivity contribution in [3.63, 3.8) is 0 Å². The average Bonchev–Trinajstić information content (AvgIpc) is 2.99. The molecule has 0 saturated heterocycles. The van der Waals surface area contributed by atoms with Crippen LogP contribution in [0.1, 0.15) is 31.2 Å². The smallest absolute Gasteiger partial charge is 0.223 e. The molecule has 1 saturated carbocycles. The number of carbonyl (C=O) groups excluding carboxylic acids is 1. The maximum Gasteiger partial charge on any atom is 0.223 e. The summed E-state index contributed by atoms with van der Waals surface area (Å²) in [6.07, 6.45) is 3.79. The summed E-state index contributed by atoms with van der Waals surface area (Å²) in [7, 11) is 1.65. The maximum absolute atomic E-state index is 12.8. The van der Waals surface area contributed by atoms with Gasteiger partial charge < -0.3 is 20.1 Å². The van der Waals surface area contributed by atoms with Crippen molar-refractivity contribution >= 4 is 5.91 Å². The van der Waals surface area contributed by atoms with Gasteiger partial charge in [-0.25, -0.2) is 0 Å². The van der Waals surface area contributed by atoms with E-state index in [1.54, 1.807) is 7.11 Å². The third-order valence-corrected chi connectivity index (χ3v) is 4.66. The van der Waals surface area contributed by atoms with E-state index in [2.05, 4.69) is 0 Å². The Labute approximate surface area is 145 Å². The van der Waals surface area contributed by atoms with Gasteiger partial charge in [0.2, 0.25) is 5.91 Å². The summed E-state index contributed by atoms with van der Waals surface area (Å²) in [6.45, 7) is 2.87. The highest BCUT2D eigenvalue weighted by atomic mass is 16.5. The SMILES string of the molecule is COCCOCCN(Cc1ccccc1)C(=O)C[C@@H]1CCC[C@H]1N. The molecule has 0 radical (unpaired) electrons. The lowest BCUT2D eigenvalue weighted by atomic mass is 9.99. The Balaban J connectivity index is 1.89. The normalized spacial score (nSPS) is 20.2. The van der Waals surface area contributed by atoms with Crippen LogP contribution in [0, 0.1) is 5.92 Å². The number of hydrogen-bond donors (Lipinski definition) is 1. The molecule has 2 N–H and O–H groups in total. The second-order valence-corrected chi connectivity index (χ2v) is 6.47. The maximum atomic E-state index is 12.8. The van der Waals surface area contributed by atoms with Crippen LogP contribution in [0.3, 0.4) is 0 Å². The van der Waals surface area contributed by atoms with Gasteiger partial charge >= 0.3 is 0 Å². The summed E-state index contributed by atoms with van der Waals surface area (Å²) in [6, 6.07) is 10.3. The quantitative estimate of drug-likeness (QED) is 0.666. The van der Waals surface area contributed by atoms with E-state index in [0.29, 0.717) is 45.2 Å². The molecule has 1 aliphatic carbocycles. The number of nitrogens with zero attached hydrogens (tertiary/aromatic N) is 1. The molecule has 1 aliphatic rings. The van der Waals surface area contributed by atoms with Crippen LogP contribution < -0.4 is 5.73 Å². The summed E-state index contributed by atoms with van der Waals surface area (Å²) >= 11 is 0. The summed E-state index contributed by atoms with van der Waals surface area (Å²) in [5.41, 5.74) is 7.26. The molecule has 0 unspecified atom stereocenters. The minimum absolute atomic E-state index is 0.172. The summed E-state index contributed by atoms with van der Waals surface area (Å²) in [5, 5.41) is 0. The minimum atomic E-state index is 0.172. The molecular weight excluding hydrogens is 304 g/mol. The zero-order valence-electron chi connectivity index (χ0n) is 14.7. The molecule has 0 aromatic heterocycles. The lowest BCUT2D eigenvalue weighted by Gasteiger charge is -2.25. The Kier molecular flexibility index (Phi) is 8.22. The lowest BCUT2D eigenvalue weighted by molar-refractivity contribution is -0.133. The first-order chi connectivity index (χ1) is 11.7. The largest absolute Gasteiger partial charge is 0.382 e. The highest BCUT2D eigenvalue weighted by Gasteiger charge is 2.28. The molecule has 2 atom stereocenters. The molecule has 0 heterocycles. The van der Waals surface area contributed by atoms with Crippen molar-refractivity contribution in [3.8, 4) is 0 Å². The van der Waals surface area contributed by atoms with Crippen LogP contribution in [-0.2, 0) is 20.8 Å². The van der Waals surface area contributed by atoms with Gasteiger partial charge in [0, 0.05) is 32.7 Å². The van der Waals surface area contributed by atoms with E-state index >= 15 is 0 Å². The number of amides is 1. The molecule has 1 amide bonds. The highest BCUT2D eigenvalue weighted by molar-refractivity contribution is 5.76. The molecule has 1 aromatic carbocycles. The molecule has 5 heteroatoms. The van der Waals surface area contributed by atoms with E-state index in [-0.39, 0.29) is 11.9 Å². The van der Waals surface area contributed by atoms with E-state index in [1.165, 1.54) is 0 Å². The lowest BCUT2D eigenvalue weighted by Crippen LogP contribution is -2.37. The van der Waals surface area contributed by atoms with Crippen LogP contribution in [-0.4, -0.2) is 50.3 Å². The number of rotatable bonds is 10. The van der Waals surface area contributed by atoms with Crippen molar-refractivity contribution in [2.45, 2.75) is 38.3 Å². The first kappa shape index (κ1) is 18.9. The Bertz CT molecular complexity index is 481. The second kappa shape index (κ2) is 10.4. The Morgan fingerprint density at radius 3 is 2.67 bits per heavy atom. The number of carbonyl (C=O) groups is 1. The second-order valence-electron chi connectivity index (χ2n) is 6.47. The molecular formula is C19H30N2O3. The van der Waals surface area contributed by atoms with Crippen molar-refractivity contribution in [3.05, 3.63) is 35.9 Å². The molecule has 134 valence electrons. The van der Waals surface area contributed by atoms with Crippen molar-refractivity contribution in [1.82, 2.24) is 4.90 Å². The van der Waals surface area contributed by atoms with Crippen molar-refractivity contribution < 1.29 is 14.3 Å². The number of ether oxygens (including phenoxy) is 2. The van der Waals surface area contributed by atoms with Crippen LogP contribution >= 0.6 is 0 Å². The van der Waals surface area contributed by atoms with Crippen LogP contribution in [0.5, 0.6) is 0 Å². The predicted molar refractivity (Wildman–Crippen MR) is 94.5 cm³/mol. The van der Waals surface area contributed by atoms with Gasteiger partial charge in [-0.1, -0.05) is 36.8 Å². The standard InChI is InChI=1S/C19H30N2O3/c1-23-12-13-24-11-10-21(15-16-6-3-2-4-7-16)19(22)14-17-8-5-9-18(17)20/h2-4,6-7,17-18H,5,8-15,20H2,1H3/t17-,18+/m0/s1. The van der Waals surface area contributed by atoms with E-state index in [1.807, 2.05) is 35.2 Å². The summed E-state index contributed by atoms with van der Waals surface area (Å²) < 4.78 is 10.5. The number of benzene rings is 1. The van der Waals surface area contributed by atoms with Gasteiger partial charge in [-0.2, -0.15) is 0 Å².